The van der Waals surface area contributed by atoms with Gasteiger partial charge in [0.05, 0.1) is 19.3 Å². The summed E-state index contributed by atoms with van der Waals surface area (Å²) in [6.07, 6.45) is -5.43. The summed E-state index contributed by atoms with van der Waals surface area (Å²) in [6.45, 7) is 12.5. The molecule has 7 unspecified atom stereocenters. The van der Waals surface area contributed by atoms with Gasteiger partial charge in [-0.2, -0.15) is 0 Å². The van der Waals surface area contributed by atoms with Crippen molar-refractivity contribution >= 4 is 0 Å². The van der Waals surface area contributed by atoms with Crippen molar-refractivity contribution in [1.82, 2.24) is 0 Å². The normalized spacial score (nSPS) is 50.1. The third kappa shape index (κ3) is 5.59. The van der Waals surface area contributed by atoms with Gasteiger partial charge in [0.15, 0.2) is 35.7 Å². The average molecular weight is 535 g/mol. The zero-order valence-electron chi connectivity index (χ0n) is 22.6. The number of fused-ring (bicyclic) bond motifs is 2. The highest BCUT2D eigenvalue weighted by molar-refractivity contribution is 4.99. The maximum Gasteiger partial charge on any atom is 0.190 e. The minimum Gasteiger partial charge on any atom is -0.394 e. The van der Waals surface area contributed by atoms with Gasteiger partial charge in [-0.1, -0.05) is 6.92 Å². The zero-order chi connectivity index (χ0) is 27.0. The van der Waals surface area contributed by atoms with Crippen molar-refractivity contribution in [1.29, 1.82) is 0 Å². The monoisotopic (exact) mass is 534 g/mol. The van der Waals surface area contributed by atoms with E-state index in [0.29, 0.717) is 6.61 Å². The molecule has 5 rings (SSSR count). The Labute approximate surface area is 217 Å². The molecule has 5 fully saturated rings. The summed E-state index contributed by atoms with van der Waals surface area (Å²) in [5.74, 6) is -4.47. The standard InChI is InChI=1S/C25H42O12/c1-12-16(13(10-26)30-20-17(12)33-23(4,5)36-20)34-24(6,28)8-9-25(7)35-19-15(27)18(31-21(19)37-25)14-11-29-22(2,3)32-14/h12-21,26-28H,8-11H2,1-7H3/t12?,13?,14?,15-,16?,17-,18?,19-,20-,21-,24?,25?/m1/s1. The Hall–Kier alpha value is -0.480. The highest BCUT2D eigenvalue weighted by atomic mass is 16.9. The molecule has 5 saturated heterocycles. The first kappa shape index (κ1) is 28.1. The molecule has 12 atom stereocenters. The molecule has 5 aliphatic rings. The highest BCUT2D eigenvalue weighted by Gasteiger charge is 2.59. The predicted molar refractivity (Wildman–Crippen MR) is 124 cm³/mol. The lowest BCUT2D eigenvalue weighted by Crippen LogP contribution is -2.56. The third-order valence-corrected chi connectivity index (χ3v) is 7.79. The van der Waals surface area contributed by atoms with E-state index in [2.05, 4.69) is 0 Å². The minimum atomic E-state index is -1.59. The van der Waals surface area contributed by atoms with Gasteiger partial charge in [-0.05, 0) is 41.5 Å². The van der Waals surface area contributed by atoms with Crippen LogP contribution in [0.4, 0.5) is 0 Å². The molecule has 5 heterocycles. The van der Waals surface area contributed by atoms with Crippen LogP contribution in [-0.4, -0.2) is 107 Å². The van der Waals surface area contributed by atoms with Gasteiger partial charge < -0.3 is 58.0 Å². The lowest BCUT2D eigenvalue weighted by atomic mass is 9.90. The van der Waals surface area contributed by atoms with Crippen molar-refractivity contribution < 1.29 is 58.0 Å². The number of hydrogen-bond acceptors (Lipinski definition) is 12. The second-order valence-corrected chi connectivity index (χ2v) is 12.1. The molecule has 0 aliphatic carbocycles. The first-order chi connectivity index (χ1) is 17.1. The predicted octanol–water partition coefficient (Wildman–Crippen LogP) is 0.734. The number of ether oxygens (including phenoxy) is 9. The molecule has 0 aromatic carbocycles. The number of aliphatic hydroxyl groups excluding tert-OH is 2. The summed E-state index contributed by atoms with van der Waals surface area (Å²) in [5, 5.41) is 32.0. The fraction of sp³-hybridized carbons (Fsp3) is 1.00. The minimum absolute atomic E-state index is 0.147. The molecule has 3 N–H and O–H groups in total. The van der Waals surface area contributed by atoms with Crippen molar-refractivity contribution in [2.24, 2.45) is 5.92 Å². The van der Waals surface area contributed by atoms with Gasteiger partial charge in [-0.3, -0.25) is 0 Å². The van der Waals surface area contributed by atoms with Crippen LogP contribution >= 0.6 is 0 Å². The molecular weight excluding hydrogens is 492 g/mol. The van der Waals surface area contributed by atoms with E-state index in [1.807, 2.05) is 20.8 Å². The van der Waals surface area contributed by atoms with Crippen molar-refractivity contribution in [2.45, 2.75) is 140 Å². The van der Waals surface area contributed by atoms with Crippen molar-refractivity contribution in [3.63, 3.8) is 0 Å². The van der Waals surface area contributed by atoms with Gasteiger partial charge in [-0.25, -0.2) is 0 Å². The summed E-state index contributed by atoms with van der Waals surface area (Å²) in [7, 11) is 0. The summed E-state index contributed by atoms with van der Waals surface area (Å²) < 4.78 is 53.3. The zero-order valence-corrected chi connectivity index (χ0v) is 22.6. The Morgan fingerprint density at radius 1 is 0.892 bits per heavy atom. The van der Waals surface area contributed by atoms with Crippen molar-refractivity contribution in [3.8, 4) is 0 Å². The molecule has 12 heteroatoms. The van der Waals surface area contributed by atoms with Crippen LogP contribution in [0, 0.1) is 5.92 Å². The molecule has 37 heavy (non-hydrogen) atoms. The van der Waals surface area contributed by atoms with Crippen LogP contribution in [0.5, 0.6) is 0 Å². The molecule has 0 bridgehead atoms. The fourth-order valence-corrected chi connectivity index (χ4v) is 5.88. The van der Waals surface area contributed by atoms with Gasteiger partial charge in [0.1, 0.15) is 36.6 Å². The number of aliphatic hydroxyl groups is 3. The van der Waals surface area contributed by atoms with E-state index in [1.54, 1.807) is 27.7 Å². The maximum absolute atomic E-state index is 11.2. The second kappa shape index (κ2) is 9.57. The molecule has 0 amide bonds. The van der Waals surface area contributed by atoms with Crippen LogP contribution in [-0.2, 0) is 42.6 Å². The number of hydrogen-bond donors (Lipinski definition) is 3. The van der Waals surface area contributed by atoms with E-state index in [1.165, 1.54) is 0 Å². The Kier molecular flexibility index (Phi) is 7.26. The highest BCUT2D eigenvalue weighted by Crippen LogP contribution is 2.44. The Morgan fingerprint density at radius 3 is 2.22 bits per heavy atom. The first-order valence-electron chi connectivity index (χ1n) is 13.1. The Bertz CT molecular complexity index is 834. The van der Waals surface area contributed by atoms with Gasteiger partial charge in [0.2, 0.25) is 0 Å². The smallest absolute Gasteiger partial charge is 0.190 e. The molecule has 0 radical (unpaired) electrons. The molecule has 0 saturated carbocycles. The molecule has 5 aliphatic heterocycles. The Balaban J connectivity index is 1.16. The molecule has 0 aromatic rings. The molecule has 0 spiro atoms. The lowest BCUT2D eigenvalue weighted by molar-refractivity contribution is -0.311. The quantitative estimate of drug-likeness (QED) is 0.396. The van der Waals surface area contributed by atoms with Crippen molar-refractivity contribution in [2.75, 3.05) is 13.2 Å². The van der Waals surface area contributed by atoms with E-state index >= 15 is 0 Å². The summed E-state index contributed by atoms with van der Waals surface area (Å²) >= 11 is 0. The third-order valence-electron chi connectivity index (χ3n) is 7.79. The van der Waals surface area contributed by atoms with Crippen LogP contribution in [0.1, 0.15) is 61.3 Å². The number of rotatable bonds is 7. The van der Waals surface area contributed by atoms with E-state index < -0.39 is 78.5 Å². The molecule has 214 valence electrons. The second-order valence-electron chi connectivity index (χ2n) is 12.1. The van der Waals surface area contributed by atoms with Crippen LogP contribution in [0.25, 0.3) is 0 Å². The van der Waals surface area contributed by atoms with Gasteiger partial charge in [0.25, 0.3) is 0 Å². The fourth-order valence-electron chi connectivity index (χ4n) is 5.88. The van der Waals surface area contributed by atoms with E-state index in [9.17, 15) is 15.3 Å². The average Bonchev–Trinajstić information content (AvgIpc) is 3.50. The SMILES string of the molecule is CC1C(OC(C)(O)CCC2(C)O[C@H]3OC(C4COC(C)(C)O4)[C@@H](O)[C@H]3O2)C(CO)O[C@@H]2OC(C)(C)O[C@H]12. The van der Waals surface area contributed by atoms with Crippen LogP contribution < -0.4 is 0 Å². The Morgan fingerprint density at radius 2 is 1.59 bits per heavy atom. The summed E-state index contributed by atoms with van der Waals surface area (Å²) in [4.78, 5) is 0. The van der Waals surface area contributed by atoms with E-state index in [0.717, 1.165) is 0 Å². The van der Waals surface area contributed by atoms with Gasteiger partial charge in [0, 0.05) is 18.8 Å². The largest absolute Gasteiger partial charge is 0.394 e. The van der Waals surface area contributed by atoms with Crippen LogP contribution in [0.3, 0.4) is 0 Å². The molecule has 0 aromatic heterocycles. The van der Waals surface area contributed by atoms with Crippen molar-refractivity contribution in [3.05, 3.63) is 0 Å². The first-order valence-corrected chi connectivity index (χ1v) is 13.1. The summed E-state index contributed by atoms with van der Waals surface area (Å²) in [6, 6.07) is 0. The molecule has 12 nitrogen and oxygen atoms in total. The van der Waals surface area contributed by atoms with Gasteiger partial charge in [-0.15, -0.1) is 0 Å². The lowest BCUT2D eigenvalue weighted by Gasteiger charge is -2.43. The van der Waals surface area contributed by atoms with E-state index in [4.69, 9.17) is 42.6 Å². The summed E-state index contributed by atoms with van der Waals surface area (Å²) in [5.41, 5.74) is 0. The van der Waals surface area contributed by atoms with Gasteiger partial charge >= 0.3 is 0 Å². The topological polar surface area (TPSA) is 144 Å². The molecular formula is C25H42O12. The van der Waals surface area contributed by atoms with Crippen LogP contribution in [0.15, 0.2) is 0 Å². The van der Waals surface area contributed by atoms with E-state index in [-0.39, 0.29) is 25.4 Å². The van der Waals surface area contributed by atoms with Crippen LogP contribution in [0.2, 0.25) is 0 Å². The maximum atomic E-state index is 11.2.